The van der Waals surface area contributed by atoms with E-state index in [9.17, 15) is 0 Å². The lowest BCUT2D eigenvalue weighted by atomic mass is 10.0. The highest BCUT2D eigenvalue weighted by Crippen LogP contribution is 2.39. The molecule has 0 aliphatic rings. The lowest BCUT2D eigenvalue weighted by Gasteiger charge is -2.14. The molecular formula is C14H18N2O3. The molecule has 102 valence electrons. The van der Waals surface area contributed by atoms with E-state index in [0.717, 1.165) is 0 Å². The quantitative estimate of drug-likeness (QED) is 0.824. The fraction of sp³-hybridized carbons (Fsp3) is 0.357. The number of rotatable bonds is 5. The van der Waals surface area contributed by atoms with Crippen LogP contribution < -0.4 is 19.9 Å². The third kappa shape index (κ3) is 2.91. The third-order valence-corrected chi connectivity index (χ3v) is 2.79. The fourth-order valence-corrected chi connectivity index (χ4v) is 1.74. The van der Waals surface area contributed by atoms with Crippen LogP contribution in [0.15, 0.2) is 17.7 Å². The summed E-state index contributed by atoms with van der Waals surface area (Å²) in [6.07, 6.45) is 0.568. The first-order valence-corrected chi connectivity index (χ1v) is 5.81. The number of nitriles is 1. The van der Waals surface area contributed by atoms with E-state index in [1.165, 1.54) is 21.3 Å². The molecule has 1 aromatic carbocycles. The average Bonchev–Trinajstić information content (AvgIpc) is 2.46. The van der Waals surface area contributed by atoms with E-state index in [1.54, 1.807) is 12.1 Å². The van der Waals surface area contributed by atoms with E-state index in [2.05, 4.69) is 6.07 Å². The van der Waals surface area contributed by atoms with Crippen molar-refractivity contribution in [2.45, 2.75) is 13.3 Å². The maximum absolute atomic E-state index is 9.04. The van der Waals surface area contributed by atoms with Gasteiger partial charge in [-0.1, -0.05) is 6.92 Å². The second-order valence-electron chi connectivity index (χ2n) is 3.77. The van der Waals surface area contributed by atoms with E-state index < -0.39 is 0 Å². The smallest absolute Gasteiger partial charge is 0.203 e. The van der Waals surface area contributed by atoms with Gasteiger partial charge in [0.05, 0.1) is 38.7 Å². The summed E-state index contributed by atoms with van der Waals surface area (Å²) in [5, 5.41) is 9.04. The first-order chi connectivity index (χ1) is 9.12. The lowest BCUT2D eigenvalue weighted by Crippen LogP contribution is -2.03. The van der Waals surface area contributed by atoms with E-state index in [1.807, 2.05) is 6.92 Å². The Morgan fingerprint density at radius 3 is 2.00 bits per heavy atom. The van der Waals surface area contributed by atoms with Gasteiger partial charge >= 0.3 is 0 Å². The van der Waals surface area contributed by atoms with E-state index >= 15 is 0 Å². The zero-order chi connectivity index (χ0) is 14.4. The lowest BCUT2D eigenvalue weighted by molar-refractivity contribution is 0.324. The number of hydrogen-bond acceptors (Lipinski definition) is 5. The molecule has 0 bridgehead atoms. The van der Waals surface area contributed by atoms with Gasteiger partial charge in [0.1, 0.15) is 0 Å². The number of ether oxygens (including phenoxy) is 3. The minimum atomic E-state index is 0.421. The summed E-state index contributed by atoms with van der Waals surface area (Å²) in [6.45, 7) is 1.88. The van der Waals surface area contributed by atoms with Crippen LogP contribution in [0.25, 0.3) is 5.70 Å². The van der Waals surface area contributed by atoms with Crippen molar-refractivity contribution in [3.05, 3.63) is 23.3 Å². The molecule has 1 rings (SSSR count). The maximum atomic E-state index is 9.04. The summed E-state index contributed by atoms with van der Waals surface area (Å²) in [6, 6.07) is 5.55. The molecule has 0 aliphatic heterocycles. The average molecular weight is 262 g/mol. The summed E-state index contributed by atoms with van der Waals surface area (Å²) in [5.74, 6) is 1.51. The molecule has 0 amide bonds. The molecule has 5 nitrogen and oxygen atoms in total. The highest BCUT2D eigenvalue weighted by molar-refractivity contribution is 5.73. The van der Waals surface area contributed by atoms with Gasteiger partial charge in [-0.05, 0) is 18.6 Å². The monoisotopic (exact) mass is 262 g/mol. The van der Waals surface area contributed by atoms with Gasteiger partial charge in [0.25, 0.3) is 0 Å². The van der Waals surface area contributed by atoms with E-state index in [4.69, 9.17) is 25.2 Å². The number of nitrogens with two attached hydrogens (primary N) is 1. The topological polar surface area (TPSA) is 77.5 Å². The first-order valence-electron chi connectivity index (χ1n) is 5.81. The van der Waals surface area contributed by atoms with Gasteiger partial charge in [0, 0.05) is 5.56 Å². The molecule has 19 heavy (non-hydrogen) atoms. The molecule has 0 atom stereocenters. The minimum Gasteiger partial charge on any atom is -0.493 e. The van der Waals surface area contributed by atoms with Gasteiger partial charge in [-0.15, -0.1) is 0 Å². The van der Waals surface area contributed by atoms with Crippen molar-refractivity contribution < 1.29 is 14.2 Å². The van der Waals surface area contributed by atoms with Crippen molar-refractivity contribution in [2.75, 3.05) is 21.3 Å². The molecule has 0 saturated carbocycles. The van der Waals surface area contributed by atoms with Crippen LogP contribution in [0.3, 0.4) is 0 Å². The summed E-state index contributed by atoms with van der Waals surface area (Å²) >= 11 is 0. The van der Waals surface area contributed by atoms with Crippen LogP contribution in [-0.2, 0) is 0 Å². The van der Waals surface area contributed by atoms with Crippen LogP contribution in [0.4, 0.5) is 0 Å². The van der Waals surface area contributed by atoms with Crippen LogP contribution in [0, 0.1) is 11.3 Å². The molecule has 0 unspecified atom stereocenters. The number of hydrogen-bond donors (Lipinski definition) is 1. The van der Waals surface area contributed by atoms with Crippen molar-refractivity contribution >= 4 is 5.70 Å². The van der Waals surface area contributed by atoms with Crippen molar-refractivity contribution in [1.29, 1.82) is 5.26 Å². The zero-order valence-corrected chi connectivity index (χ0v) is 11.6. The van der Waals surface area contributed by atoms with Gasteiger partial charge < -0.3 is 19.9 Å². The van der Waals surface area contributed by atoms with Crippen LogP contribution in [0.1, 0.15) is 18.9 Å². The van der Waals surface area contributed by atoms with Gasteiger partial charge in [-0.2, -0.15) is 5.26 Å². The van der Waals surface area contributed by atoms with Crippen molar-refractivity contribution in [2.24, 2.45) is 5.73 Å². The molecule has 0 aliphatic carbocycles. The number of benzene rings is 1. The molecule has 0 saturated heterocycles. The highest BCUT2D eigenvalue weighted by Gasteiger charge is 2.15. The predicted molar refractivity (Wildman–Crippen MR) is 73.1 cm³/mol. The Morgan fingerprint density at radius 2 is 1.68 bits per heavy atom. The maximum Gasteiger partial charge on any atom is 0.203 e. The molecule has 0 radical (unpaired) electrons. The van der Waals surface area contributed by atoms with E-state index in [0.29, 0.717) is 40.5 Å². The standard InChI is InChI=1S/C14H18N2O3/c1-5-9(8-15)13(16)10-6-11(17-2)14(19-4)12(7-10)18-3/h6-7H,5,16H2,1-4H3/b13-9-. The van der Waals surface area contributed by atoms with Gasteiger partial charge in [-0.3, -0.25) is 0 Å². The Bertz CT molecular complexity index is 505. The Labute approximate surface area is 113 Å². The number of methoxy groups -OCH3 is 3. The Hall–Kier alpha value is -2.35. The molecular weight excluding hydrogens is 244 g/mol. The molecule has 1 aromatic rings. The third-order valence-electron chi connectivity index (χ3n) is 2.79. The Balaban J connectivity index is 3.48. The zero-order valence-electron chi connectivity index (χ0n) is 11.6. The van der Waals surface area contributed by atoms with Crippen LogP contribution >= 0.6 is 0 Å². The highest BCUT2D eigenvalue weighted by atomic mass is 16.5. The van der Waals surface area contributed by atoms with Crippen molar-refractivity contribution in [3.63, 3.8) is 0 Å². The summed E-state index contributed by atoms with van der Waals surface area (Å²) in [5.41, 5.74) is 7.62. The Kier molecular flexibility index (Phi) is 5.07. The second kappa shape index (κ2) is 6.55. The fourth-order valence-electron chi connectivity index (χ4n) is 1.74. The number of allylic oxidation sites excluding steroid dienone is 1. The number of nitrogens with zero attached hydrogens (tertiary/aromatic N) is 1. The van der Waals surface area contributed by atoms with Gasteiger partial charge in [0.2, 0.25) is 5.75 Å². The second-order valence-corrected chi connectivity index (χ2v) is 3.77. The summed E-state index contributed by atoms with van der Waals surface area (Å²) < 4.78 is 15.7. The van der Waals surface area contributed by atoms with Gasteiger partial charge in [0.15, 0.2) is 11.5 Å². The molecule has 5 heteroatoms. The largest absolute Gasteiger partial charge is 0.493 e. The molecule has 0 aromatic heterocycles. The van der Waals surface area contributed by atoms with Crippen molar-refractivity contribution in [1.82, 2.24) is 0 Å². The predicted octanol–water partition coefficient (Wildman–Crippen LogP) is 2.32. The molecule has 0 spiro atoms. The first kappa shape index (κ1) is 14.7. The van der Waals surface area contributed by atoms with Crippen molar-refractivity contribution in [3.8, 4) is 23.3 Å². The summed E-state index contributed by atoms with van der Waals surface area (Å²) in [4.78, 5) is 0. The molecule has 0 heterocycles. The van der Waals surface area contributed by atoms with E-state index in [-0.39, 0.29) is 0 Å². The Morgan fingerprint density at radius 1 is 1.16 bits per heavy atom. The SMILES string of the molecule is CC/C(C#N)=C(/N)c1cc(OC)c(OC)c(OC)c1. The van der Waals surface area contributed by atoms with Crippen LogP contribution in [-0.4, -0.2) is 21.3 Å². The molecule has 2 N–H and O–H groups in total. The van der Waals surface area contributed by atoms with Crippen LogP contribution in [0.2, 0.25) is 0 Å². The van der Waals surface area contributed by atoms with Gasteiger partial charge in [-0.25, -0.2) is 0 Å². The van der Waals surface area contributed by atoms with Crippen LogP contribution in [0.5, 0.6) is 17.2 Å². The molecule has 0 fully saturated rings. The minimum absolute atomic E-state index is 0.421. The summed E-state index contributed by atoms with van der Waals surface area (Å²) in [7, 11) is 4.60. The normalized spacial score (nSPS) is 11.3.